The maximum absolute atomic E-state index is 14.6. The fourth-order valence-corrected chi connectivity index (χ4v) is 4.30. The van der Waals surface area contributed by atoms with E-state index in [1.807, 2.05) is 0 Å². The third-order valence-electron chi connectivity index (χ3n) is 6.97. The lowest BCUT2D eigenvalue weighted by atomic mass is 9.93. The van der Waals surface area contributed by atoms with Gasteiger partial charge in [-0.3, -0.25) is 9.59 Å². The molecule has 0 spiro atoms. The average Bonchev–Trinajstić information content (AvgIpc) is 3.72. The summed E-state index contributed by atoms with van der Waals surface area (Å²) in [7, 11) is 1.30. The molecule has 1 fully saturated rings. The minimum absolute atomic E-state index is 0.000254. The number of aliphatic hydroxyl groups is 2. The number of alkyl halides is 3. The van der Waals surface area contributed by atoms with Crippen LogP contribution >= 0.6 is 0 Å². The number of halogens is 4. The zero-order valence-corrected chi connectivity index (χ0v) is 23.8. The molecule has 3 aromatic rings. The predicted molar refractivity (Wildman–Crippen MR) is 149 cm³/mol. The van der Waals surface area contributed by atoms with Gasteiger partial charge in [0.25, 0.3) is 5.91 Å². The third kappa shape index (κ3) is 7.19. The van der Waals surface area contributed by atoms with Crippen LogP contribution in [0.1, 0.15) is 41.4 Å². The number of primary amides is 1. The quantitative estimate of drug-likeness (QED) is 0.212. The second kappa shape index (κ2) is 12.7. The fourth-order valence-electron chi connectivity index (χ4n) is 4.30. The summed E-state index contributed by atoms with van der Waals surface area (Å²) in [6.45, 7) is 0.264. The van der Waals surface area contributed by atoms with Crippen molar-refractivity contribution in [3.8, 4) is 28.5 Å². The molecule has 2 amide bonds. The van der Waals surface area contributed by atoms with Crippen LogP contribution in [0.2, 0.25) is 0 Å². The van der Waals surface area contributed by atoms with Crippen molar-refractivity contribution in [3.05, 3.63) is 71.2 Å². The van der Waals surface area contributed by atoms with Crippen LogP contribution < -0.4 is 25.3 Å². The third-order valence-corrected chi connectivity index (χ3v) is 6.97. The van der Waals surface area contributed by atoms with Gasteiger partial charge in [-0.2, -0.15) is 13.2 Å². The number of hydrogen-bond donors (Lipinski definition) is 4. The van der Waals surface area contributed by atoms with Crippen molar-refractivity contribution < 1.29 is 51.6 Å². The molecule has 1 saturated carbocycles. The topological polar surface area (TPSA) is 153 Å². The summed E-state index contributed by atoms with van der Waals surface area (Å²) in [5, 5.41) is 23.2. The molecule has 0 radical (unpaired) electrons. The molecule has 44 heavy (non-hydrogen) atoms. The number of hydrogen-bond acceptors (Lipinski definition) is 8. The SMILES string of the molecule is CCOc1c(CC(N)=O)cc([C@@](O)(CNC(=O)c2ccc(OCC3(O)CC3)c(OC)c2)C(F)(F)F)nc1-c1ccc(F)cc1. The molecular weight excluding hydrogens is 590 g/mol. The Morgan fingerprint density at radius 3 is 2.32 bits per heavy atom. The normalized spacial score (nSPS) is 15.2. The minimum Gasteiger partial charge on any atom is -0.493 e. The molecule has 14 heteroatoms. The van der Waals surface area contributed by atoms with Crippen molar-refractivity contribution in [1.29, 1.82) is 0 Å². The maximum Gasteiger partial charge on any atom is 0.424 e. The number of amides is 2. The molecule has 236 valence electrons. The lowest BCUT2D eigenvalue weighted by molar-refractivity contribution is -0.265. The summed E-state index contributed by atoms with van der Waals surface area (Å²) in [5.41, 5.74) is -0.557. The Bertz CT molecular complexity index is 1530. The summed E-state index contributed by atoms with van der Waals surface area (Å²) in [5.74, 6) is -2.26. The van der Waals surface area contributed by atoms with Crippen LogP contribution in [0, 0.1) is 5.82 Å². The highest BCUT2D eigenvalue weighted by atomic mass is 19.4. The molecule has 1 aromatic heterocycles. The molecule has 0 unspecified atom stereocenters. The average molecular weight is 622 g/mol. The van der Waals surface area contributed by atoms with Crippen molar-refractivity contribution in [2.24, 2.45) is 5.73 Å². The predicted octanol–water partition coefficient (Wildman–Crippen LogP) is 3.41. The van der Waals surface area contributed by atoms with Gasteiger partial charge in [0.2, 0.25) is 11.5 Å². The Hall–Kier alpha value is -4.43. The second-order valence-electron chi connectivity index (χ2n) is 10.3. The first-order chi connectivity index (χ1) is 20.7. The van der Waals surface area contributed by atoms with Crippen LogP contribution in [0.3, 0.4) is 0 Å². The fraction of sp³-hybridized carbons (Fsp3) is 0.367. The van der Waals surface area contributed by atoms with E-state index >= 15 is 0 Å². The first-order valence-electron chi connectivity index (χ1n) is 13.5. The first-order valence-corrected chi connectivity index (χ1v) is 13.5. The van der Waals surface area contributed by atoms with Gasteiger partial charge in [-0.25, -0.2) is 9.37 Å². The minimum atomic E-state index is -5.37. The summed E-state index contributed by atoms with van der Waals surface area (Å²) in [6.07, 6.45) is -4.78. The molecule has 1 atom stereocenters. The van der Waals surface area contributed by atoms with Crippen molar-refractivity contribution in [3.63, 3.8) is 0 Å². The smallest absolute Gasteiger partial charge is 0.424 e. The van der Waals surface area contributed by atoms with E-state index in [2.05, 4.69) is 10.3 Å². The number of nitrogens with two attached hydrogens (primary N) is 1. The van der Waals surface area contributed by atoms with Crippen molar-refractivity contribution in [1.82, 2.24) is 10.3 Å². The highest BCUT2D eigenvalue weighted by molar-refractivity contribution is 5.95. The van der Waals surface area contributed by atoms with Gasteiger partial charge in [-0.15, -0.1) is 0 Å². The lowest BCUT2D eigenvalue weighted by Crippen LogP contribution is -2.51. The molecule has 0 aliphatic heterocycles. The van der Waals surface area contributed by atoms with Gasteiger partial charge in [0.15, 0.2) is 11.5 Å². The Kier molecular flexibility index (Phi) is 9.35. The molecule has 1 heterocycles. The van der Waals surface area contributed by atoms with E-state index in [4.69, 9.17) is 19.9 Å². The van der Waals surface area contributed by atoms with Gasteiger partial charge in [-0.05, 0) is 68.3 Å². The molecule has 0 saturated heterocycles. The lowest BCUT2D eigenvalue weighted by Gasteiger charge is -2.31. The molecule has 10 nitrogen and oxygen atoms in total. The van der Waals surface area contributed by atoms with Gasteiger partial charge in [0, 0.05) is 16.7 Å². The molecule has 5 N–H and O–H groups in total. The van der Waals surface area contributed by atoms with Crippen LogP contribution in [0.4, 0.5) is 17.6 Å². The van der Waals surface area contributed by atoms with E-state index in [1.54, 1.807) is 6.92 Å². The molecule has 2 aromatic carbocycles. The number of aromatic nitrogens is 1. The highest BCUT2D eigenvalue weighted by Gasteiger charge is 2.56. The van der Waals surface area contributed by atoms with E-state index in [0.717, 1.165) is 18.2 Å². The zero-order chi connectivity index (χ0) is 32.3. The van der Waals surface area contributed by atoms with Gasteiger partial charge < -0.3 is 35.5 Å². The van der Waals surface area contributed by atoms with E-state index < -0.39 is 53.7 Å². The number of nitrogens with one attached hydrogen (secondary N) is 1. The summed E-state index contributed by atoms with van der Waals surface area (Å²) in [6, 6.07) is 9.34. The summed E-state index contributed by atoms with van der Waals surface area (Å²) < 4.78 is 73.7. The molecule has 4 rings (SSSR count). The van der Waals surface area contributed by atoms with E-state index in [0.29, 0.717) is 12.8 Å². The second-order valence-corrected chi connectivity index (χ2v) is 10.3. The van der Waals surface area contributed by atoms with E-state index in [1.165, 1.54) is 37.4 Å². The Balaban J connectivity index is 1.69. The summed E-state index contributed by atoms with van der Waals surface area (Å²) in [4.78, 5) is 28.9. The number of pyridine rings is 1. The van der Waals surface area contributed by atoms with Crippen molar-refractivity contribution >= 4 is 11.8 Å². The number of carbonyl (C=O) groups excluding carboxylic acids is 2. The monoisotopic (exact) mass is 621 g/mol. The van der Waals surface area contributed by atoms with Crippen LogP contribution in [-0.4, -0.2) is 65.7 Å². The van der Waals surface area contributed by atoms with E-state index in [-0.39, 0.29) is 52.8 Å². The number of ether oxygens (including phenoxy) is 3. The molecular formula is C30H31F4N3O7. The Labute approximate surface area is 249 Å². The van der Waals surface area contributed by atoms with Crippen LogP contribution in [0.15, 0.2) is 48.5 Å². The standard InChI is InChI=1S/C30H31F4N3O7/c1-3-43-26-19(14-24(35)38)13-23(37-25(26)17-4-7-20(31)8-5-17)29(41,30(32,33)34)15-36-27(39)18-6-9-21(22(12-18)42-2)44-16-28(40)10-11-28/h4-9,12-13,40-41H,3,10-11,14-16H2,1-2H3,(H2,35,38)(H,36,39)/t29-/m0/s1. The Morgan fingerprint density at radius 1 is 1.07 bits per heavy atom. The molecule has 1 aliphatic rings. The number of benzene rings is 2. The largest absolute Gasteiger partial charge is 0.493 e. The maximum atomic E-state index is 14.6. The van der Waals surface area contributed by atoms with Crippen molar-refractivity contribution in [2.45, 2.75) is 43.6 Å². The van der Waals surface area contributed by atoms with Crippen LogP contribution in [0.5, 0.6) is 17.2 Å². The first kappa shape index (κ1) is 32.5. The Morgan fingerprint density at radius 2 is 1.75 bits per heavy atom. The van der Waals surface area contributed by atoms with Gasteiger partial charge in [0.05, 0.1) is 38.0 Å². The number of rotatable bonds is 13. The summed E-state index contributed by atoms with van der Waals surface area (Å²) >= 11 is 0. The number of carbonyl (C=O) groups is 2. The van der Waals surface area contributed by atoms with Crippen LogP contribution in [0.25, 0.3) is 11.3 Å². The zero-order valence-electron chi connectivity index (χ0n) is 23.8. The molecule has 0 bridgehead atoms. The number of nitrogens with zero attached hydrogens (tertiary/aromatic N) is 1. The van der Waals surface area contributed by atoms with Crippen LogP contribution in [-0.2, 0) is 16.8 Å². The van der Waals surface area contributed by atoms with Gasteiger partial charge in [-0.1, -0.05) is 0 Å². The highest BCUT2D eigenvalue weighted by Crippen LogP contribution is 2.42. The van der Waals surface area contributed by atoms with Gasteiger partial charge in [0.1, 0.15) is 23.9 Å². The molecule has 1 aliphatic carbocycles. The van der Waals surface area contributed by atoms with Crippen molar-refractivity contribution in [2.75, 3.05) is 26.9 Å². The van der Waals surface area contributed by atoms with E-state index in [9.17, 15) is 37.4 Å². The van der Waals surface area contributed by atoms with Gasteiger partial charge >= 0.3 is 6.18 Å². The number of methoxy groups -OCH3 is 1.